The number of sulfonamides is 1. The van der Waals surface area contributed by atoms with Gasteiger partial charge in [0.25, 0.3) is 5.91 Å². The SMILES string of the molecule is CN(C)S(=O)(=O)c1ccc(C(=O)Nc2ccc3c(c2)CCN3C(=O)C(C)(C)C)cc1. The molecule has 1 N–H and O–H groups in total. The van der Waals surface area contributed by atoms with Crippen LogP contribution in [0, 0.1) is 5.41 Å². The normalized spacial score (nSPS) is 14.0. The fourth-order valence-corrected chi connectivity index (χ4v) is 4.19. The molecule has 7 nitrogen and oxygen atoms in total. The highest BCUT2D eigenvalue weighted by molar-refractivity contribution is 7.89. The Kier molecular flexibility index (Phi) is 5.75. The number of rotatable bonds is 4. The zero-order valence-electron chi connectivity index (χ0n) is 17.9. The van der Waals surface area contributed by atoms with Crippen molar-refractivity contribution in [3.8, 4) is 0 Å². The van der Waals surface area contributed by atoms with E-state index in [1.54, 1.807) is 11.0 Å². The van der Waals surface area contributed by atoms with Gasteiger partial charge < -0.3 is 10.2 Å². The Morgan fingerprint density at radius 2 is 1.67 bits per heavy atom. The average molecular weight is 430 g/mol. The highest BCUT2D eigenvalue weighted by Gasteiger charge is 2.32. The van der Waals surface area contributed by atoms with E-state index in [-0.39, 0.29) is 16.7 Å². The molecule has 2 amide bonds. The molecule has 8 heteroatoms. The summed E-state index contributed by atoms with van der Waals surface area (Å²) in [6, 6.07) is 11.3. The van der Waals surface area contributed by atoms with Gasteiger partial charge in [0.1, 0.15) is 0 Å². The molecule has 1 aliphatic heterocycles. The van der Waals surface area contributed by atoms with Crippen LogP contribution in [0.5, 0.6) is 0 Å². The molecule has 0 saturated carbocycles. The number of amides is 2. The van der Waals surface area contributed by atoms with Gasteiger partial charge in [-0.1, -0.05) is 20.8 Å². The first-order chi connectivity index (χ1) is 13.9. The molecule has 0 aliphatic carbocycles. The molecule has 30 heavy (non-hydrogen) atoms. The topological polar surface area (TPSA) is 86.8 Å². The van der Waals surface area contributed by atoms with Crippen LogP contribution < -0.4 is 10.2 Å². The Labute approximate surface area is 177 Å². The van der Waals surface area contributed by atoms with Crippen LogP contribution in [0.3, 0.4) is 0 Å². The zero-order valence-corrected chi connectivity index (χ0v) is 18.7. The molecule has 0 unspecified atom stereocenters. The first kappa shape index (κ1) is 22.0. The van der Waals surface area contributed by atoms with Crippen molar-refractivity contribution in [1.82, 2.24) is 4.31 Å². The molecule has 3 rings (SSSR count). The molecule has 2 aromatic carbocycles. The molecule has 0 bridgehead atoms. The first-order valence-corrected chi connectivity index (χ1v) is 11.1. The van der Waals surface area contributed by atoms with E-state index in [9.17, 15) is 18.0 Å². The zero-order chi connectivity index (χ0) is 22.3. The number of nitrogens with one attached hydrogen (secondary N) is 1. The highest BCUT2D eigenvalue weighted by atomic mass is 32.2. The lowest BCUT2D eigenvalue weighted by molar-refractivity contribution is -0.125. The van der Waals surface area contributed by atoms with Gasteiger partial charge in [-0.3, -0.25) is 9.59 Å². The lowest BCUT2D eigenvalue weighted by atomic mass is 9.94. The second kappa shape index (κ2) is 7.85. The summed E-state index contributed by atoms with van der Waals surface area (Å²) in [5.74, 6) is -0.254. The van der Waals surface area contributed by atoms with Crippen LogP contribution in [0.15, 0.2) is 47.4 Å². The third kappa shape index (κ3) is 4.24. The number of nitrogens with zero attached hydrogens (tertiary/aromatic N) is 2. The number of carbonyl (C=O) groups excluding carboxylic acids is 2. The Morgan fingerprint density at radius 1 is 1.03 bits per heavy atom. The smallest absolute Gasteiger partial charge is 0.255 e. The van der Waals surface area contributed by atoms with Gasteiger partial charge in [-0.2, -0.15) is 0 Å². The maximum absolute atomic E-state index is 12.6. The van der Waals surface area contributed by atoms with E-state index in [4.69, 9.17) is 0 Å². The van der Waals surface area contributed by atoms with E-state index in [1.165, 1.54) is 38.4 Å². The second-order valence-corrected chi connectivity index (χ2v) is 10.7. The van der Waals surface area contributed by atoms with Gasteiger partial charge in [-0.05, 0) is 54.4 Å². The number of anilines is 2. The van der Waals surface area contributed by atoms with Gasteiger partial charge in [0, 0.05) is 43.0 Å². The average Bonchev–Trinajstić information content (AvgIpc) is 3.09. The van der Waals surface area contributed by atoms with Crippen LogP contribution in [0.1, 0.15) is 36.7 Å². The van der Waals surface area contributed by atoms with Gasteiger partial charge in [-0.15, -0.1) is 0 Å². The summed E-state index contributed by atoms with van der Waals surface area (Å²) in [7, 11) is -0.622. The molecule has 160 valence electrons. The predicted molar refractivity (Wildman–Crippen MR) is 117 cm³/mol. The Balaban J connectivity index is 1.75. The molecule has 0 radical (unpaired) electrons. The van der Waals surface area contributed by atoms with E-state index < -0.39 is 15.4 Å². The van der Waals surface area contributed by atoms with Crippen molar-refractivity contribution < 1.29 is 18.0 Å². The third-order valence-electron chi connectivity index (χ3n) is 5.01. The largest absolute Gasteiger partial charge is 0.322 e. The monoisotopic (exact) mass is 429 g/mol. The third-order valence-corrected chi connectivity index (χ3v) is 6.84. The number of hydrogen-bond acceptors (Lipinski definition) is 4. The number of hydrogen-bond donors (Lipinski definition) is 1. The molecule has 0 aromatic heterocycles. The highest BCUT2D eigenvalue weighted by Crippen LogP contribution is 2.33. The van der Waals surface area contributed by atoms with Crippen molar-refractivity contribution in [1.29, 1.82) is 0 Å². The van der Waals surface area contributed by atoms with Crippen molar-refractivity contribution >= 4 is 33.2 Å². The number of benzene rings is 2. The van der Waals surface area contributed by atoms with E-state index in [2.05, 4.69) is 5.32 Å². The summed E-state index contributed by atoms with van der Waals surface area (Å²) in [5.41, 5.74) is 2.43. The molecule has 0 fully saturated rings. The lowest BCUT2D eigenvalue weighted by Gasteiger charge is -2.26. The van der Waals surface area contributed by atoms with Crippen LogP contribution in [0.2, 0.25) is 0 Å². The molecule has 1 heterocycles. The molecule has 0 spiro atoms. The summed E-state index contributed by atoms with van der Waals surface area (Å²) < 4.78 is 25.4. The molecule has 0 saturated heterocycles. The summed E-state index contributed by atoms with van der Waals surface area (Å²) in [4.78, 5) is 27.1. The maximum atomic E-state index is 12.6. The maximum Gasteiger partial charge on any atom is 0.255 e. The van der Waals surface area contributed by atoms with E-state index >= 15 is 0 Å². The summed E-state index contributed by atoms with van der Waals surface area (Å²) in [6.07, 6.45) is 0.734. The van der Waals surface area contributed by atoms with Crippen LogP contribution in [0.4, 0.5) is 11.4 Å². The minimum absolute atomic E-state index is 0.0748. The quantitative estimate of drug-likeness (QED) is 0.809. The van der Waals surface area contributed by atoms with Crippen LogP contribution in [0.25, 0.3) is 0 Å². The molecule has 1 aliphatic rings. The van der Waals surface area contributed by atoms with Gasteiger partial charge in [0.15, 0.2) is 0 Å². The van der Waals surface area contributed by atoms with Crippen LogP contribution in [-0.2, 0) is 21.2 Å². The molecular weight excluding hydrogens is 402 g/mol. The van der Waals surface area contributed by atoms with Gasteiger partial charge in [0.05, 0.1) is 4.90 Å². The van der Waals surface area contributed by atoms with Crippen molar-refractivity contribution in [2.24, 2.45) is 5.41 Å². The fraction of sp³-hybridized carbons (Fsp3) is 0.364. The minimum Gasteiger partial charge on any atom is -0.322 e. The van der Waals surface area contributed by atoms with Gasteiger partial charge in [-0.25, -0.2) is 12.7 Å². The van der Waals surface area contributed by atoms with E-state index in [0.717, 1.165) is 22.0 Å². The Morgan fingerprint density at radius 3 is 2.23 bits per heavy atom. The van der Waals surface area contributed by atoms with Gasteiger partial charge >= 0.3 is 0 Å². The predicted octanol–water partition coefficient (Wildman–Crippen LogP) is 3.12. The summed E-state index contributed by atoms with van der Waals surface area (Å²) >= 11 is 0. The molecular formula is C22H27N3O4S. The van der Waals surface area contributed by atoms with Crippen molar-refractivity contribution in [3.63, 3.8) is 0 Å². The Bertz CT molecular complexity index is 1080. The minimum atomic E-state index is -3.54. The van der Waals surface area contributed by atoms with Crippen molar-refractivity contribution in [3.05, 3.63) is 53.6 Å². The molecule has 0 atom stereocenters. The molecule has 2 aromatic rings. The number of carbonyl (C=O) groups is 2. The first-order valence-electron chi connectivity index (χ1n) is 9.70. The van der Waals surface area contributed by atoms with Crippen LogP contribution in [-0.4, -0.2) is 45.2 Å². The van der Waals surface area contributed by atoms with Gasteiger partial charge in [0.2, 0.25) is 15.9 Å². The summed E-state index contributed by atoms with van der Waals surface area (Å²) in [6.45, 7) is 6.33. The van der Waals surface area contributed by atoms with Crippen molar-refractivity contribution in [2.75, 3.05) is 30.9 Å². The fourth-order valence-electron chi connectivity index (χ4n) is 3.29. The number of fused-ring (bicyclic) bond motifs is 1. The van der Waals surface area contributed by atoms with E-state index in [1.807, 2.05) is 32.9 Å². The summed E-state index contributed by atoms with van der Waals surface area (Å²) in [5, 5.41) is 2.84. The lowest BCUT2D eigenvalue weighted by Crippen LogP contribution is -2.38. The van der Waals surface area contributed by atoms with E-state index in [0.29, 0.717) is 17.8 Å². The van der Waals surface area contributed by atoms with Crippen molar-refractivity contribution in [2.45, 2.75) is 32.1 Å². The second-order valence-electron chi connectivity index (χ2n) is 8.57. The van der Waals surface area contributed by atoms with Crippen LogP contribution >= 0.6 is 0 Å². The Hall–Kier alpha value is -2.71. The standard InChI is InChI=1S/C22H27N3O4S/c1-22(2,3)21(27)25-13-12-16-14-17(8-11-19(16)25)23-20(26)15-6-9-18(10-7-15)30(28,29)24(4)5/h6-11,14H,12-13H2,1-5H3,(H,23,26).